The van der Waals surface area contributed by atoms with Gasteiger partial charge in [0.2, 0.25) is 0 Å². The van der Waals surface area contributed by atoms with Gasteiger partial charge < -0.3 is 10.1 Å². The van der Waals surface area contributed by atoms with Crippen molar-refractivity contribution in [1.82, 2.24) is 5.32 Å². The molecule has 0 spiro atoms. The number of ether oxygens (including phenoxy) is 1. The summed E-state index contributed by atoms with van der Waals surface area (Å²) in [5.74, 6) is 1.38. The highest BCUT2D eigenvalue weighted by atomic mass is 16.6. The van der Waals surface area contributed by atoms with Crippen LogP contribution in [0.5, 0.6) is 0 Å². The third-order valence-electron chi connectivity index (χ3n) is 3.15. The van der Waals surface area contributed by atoms with Gasteiger partial charge in [0.1, 0.15) is 5.60 Å². The van der Waals surface area contributed by atoms with E-state index in [1.54, 1.807) is 0 Å². The summed E-state index contributed by atoms with van der Waals surface area (Å²) in [6.45, 7) is 12.3. The molecule has 94 valence electrons. The van der Waals surface area contributed by atoms with Crippen molar-refractivity contribution in [2.75, 3.05) is 0 Å². The molecule has 0 aliphatic heterocycles. The van der Waals surface area contributed by atoms with Crippen LogP contribution in [0.1, 0.15) is 54.4 Å². The molecule has 0 radical (unpaired) electrons. The van der Waals surface area contributed by atoms with Gasteiger partial charge in [-0.3, -0.25) is 0 Å². The number of rotatable bonds is 2. The predicted molar refractivity (Wildman–Crippen MR) is 65.3 cm³/mol. The normalized spacial score (nSPS) is 29.8. The molecule has 3 heteroatoms. The molecule has 0 saturated heterocycles. The van der Waals surface area contributed by atoms with E-state index in [2.05, 4.69) is 19.2 Å². The summed E-state index contributed by atoms with van der Waals surface area (Å²) in [6.07, 6.45) is 1.68. The van der Waals surface area contributed by atoms with Crippen LogP contribution < -0.4 is 5.32 Å². The summed E-state index contributed by atoms with van der Waals surface area (Å²) in [4.78, 5) is 11.6. The number of amides is 1. The van der Waals surface area contributed by atoms with Crippen molar-refractivity contribution < 1.29 is 9.53 Å². The summed E-state index contributed by atoms with van der Waals surface area (Å²) >= 11 is 0. The monoisotopic (exact) mass is 227 g/mol. The Hall–Kier alpha value is -0.730. The van der Waals surface area contributed by atoms with E-state index in [0.717, 1.165) is 12.8 Å². The quantitative estimate of drug-likeness (QED) is 0.785. The zero-order chi connectivity index (χ0) is 12.6. The standard InChI is InChI=1S/C13H25NO2/c1-9(2)10-7-13(6,8-10)16-11(15)14-12(3,4)5/h9-10H,7-8H2,1-6H3,(H,14,15)/t10-,13+. The Balaban J connectivity index is 2.36. The average molecular weight is 227 g/mol. The lowest BCUT2D eigenvalue weighted by molar-refractivity contribution is -0.0811. The largest absolute Gasteiger partial charge is 0.443 e. The van der Waals surface area contributed by atoms with Crippen molar-refractivity contribution in [2.24, 2.45) is 11.8 Å². The molecule has 3 nitrogen and oxygen atoms in total. The van der Waals surface area contributed by atoms with Crippen molar-refractivity contribution in [3.63, 3.8) is 0 Å². The first kappa shape index (κ1) is 13.3. The van der Waals surface area contributed by atoms with Crippen molar-refractivity contribution in [3.05, 3.63) is 0 Å². The van der Waals surface area contributed by atoms with Crippen LogP contribution in [-0.4, -0.2) is 17.2 Å². The van der Waals surface area contributed by atoms with Crippen LogP contribution in [0.15, 0.2) is 0 Å². The first-order valence-electron chi connectivity index (χ1n) is 6.12. The first-order valence-corrected chi connectivity index (χ1v) is 6.12. The first-order chi connectivity index (χ1) is 7.11. The van der Waals surface area contributed by atoms with Crippen LogP contribution in [-0.2, 0) is 4.74 Å². The molecule has 0 atom stereocenters. The lowest BCUT2D eigenvalue weighted by Crippen LogP contribution is -2.51. The summed E-state index contributed by atoms with van der Waals surface area (Å²) in [5.41, 5.74) is -0.473. The molecule has 16 heavy (non-hydrogen) atoms. The smallest absolute Gasteiger partial charge is 0.408 e. The van der Waals surface area contributed by atoms with Crippen molar-refractivity contribution in [2.45, 2.75) is 65.5 Å². The molecule has 0 aromatic heterocycles. The molecule has 0 unspecified atom stereocenters. The molecule has 1 fully saturated rings. The van der Waals surface area contributed by atoms with Gasteiger partial charge >= 0.3 is 6.09 Å². The fourth-order valence-corrected chi connectivity index (χ4v) is 2.16. The number of hydrogen-bond acceptors (Lipinski definition) is 2. The minimum absolute atomic E-state index is 0.228. The Labute approximate surface area is 98.9 Å². The van der Waals surface area contributed by atoms with E-state index in [9.17, 15) is 4.79 Å². The molecule has 1 amide bonds. The maximum atomic E-state index is 11.6. The maximum Gasteiger partial charge on any atom is 0.408 e. The highest BCUT2D eigenvalue weighted by Crippen LogP contribution is 2.44. The van der Waals surface area contributed by atoms with Gasteiger partial charge in [0, 0.05) is 5.54 Å². The second-order valence-corrected chi connectivity index (χ2v) is 6.63. The average Bonchev–Trinajstić information content (AvgIpc) is 1.94. The highest BCUT2D eigenvalue weighted by molar-refractivity contribution is 5.68. The lowest BCUT2D eigenvalue weighted by Gasteiger charge is -2.46. The van der Waals surface area contributed by atoms with Crippen LogP contribution >= 0.6 is 0 Å². The molecule has 1 rings (SSSR count). The predicted octanol–water partition coefficient (Wildman–Crippen LogP) is 3.34. The summed E-state index contributed by atoms with van der Waals surface area (Å²) in [7, 11) is 0. The third kappa shape index (κ3) is 3.69. The zero-order valence-corrected chi connectivity index (χ0v) is 11.4. The number of carbonyl (C=O) groups excluding carboxylic acids is 1. The number of alkyl carbamates (subject to hydrolysis) is 1. The minimum Gasteiger partial charge on any atom is -0.443 e. The molecule has 0 bridgehead atoms. The van der Waals surface area contributed by atoms with Crippen LogP contribution in [0.4, 0.5) is 4.79 Å². The van der Waals surface area contributed by atoms with Gasteiger partial charge in [-0.2, -0.15) is 0 Å². The topological polar surface area (TPSA) is 38.3 Å². The summed E-state index contributed by atoms with van der Waals surface area (Å²) in [6, 6.07) is 0. The van der Waals surface area contributed by atoms with E-state index in [-0.39, 0.29) is 17.2 Å². The SMILES string of the molecule is CC(C)[C@H]1C[C@@](C)(OC(=O)NC(C)(C)C)C1. The molecular weight excluding hydrogens is 202 g/mol. The van der Waals surface area contributed by atoms with Gasteiger partial charge in [0.05, 0.1) is 0 Å². The Morgan fingerprint density at radius 1 is 1.38 bits per heavy atom. The second-order valence-electron chi connectivity index (χ2n) is 6.63. The summed E-state index contributed by atoms with van der Waals surface area (Å²) < 4.78 is 5.48. The van der Waals surface area contributed by atoms with Crippen LogP contribution in [0.3, 0.4) is 0 Å². The third-order valence-corrected chi connectivity index (χ3v) is 3.15. The fraction of sp³-hybridized carbons (Fsp3) is 0.923. The zero-order valence-electron chi connectivity index (χ0n) is 11.4. The number of hydrogen-bond donors (Lipinski definition) is 1. The van der Waals surface area contributed by atoms with Crippen LogP contribution in [0.2, 0.25) is 0 Å². The van der Waals surface area contributed by atoms with Gasteiger partial charge in [-0.1, -0.05) is 13.8 Å². The van der Waals surface area contributed by atoms with Gasteiger partial charge in [0.15, 0.2) is 0 Å². The highest BCUT2D eigenvalue weighted by Gasteiger charge is 2.44. The van der Waals surface area contributed by atoms with Crippen LogP contribution in [0.25, 0.3) is 0 Å². The molecular formula is C13H25NO2. The molecule has 1 aliphatic carbocycles. The molecule has 0 aromatic carbocycles. The molecule has 1 saturated carbocycles. The summed E-state index contributed by atoms with van der Waals surface area (Å²) in [5, 5.41) is 2.83. The Morgan fingerprint density at radius 2 is 1.88 bits per heavy atom. The minimum atomic E-state index is -0.294. The Morgan fingerprint density at radius 3 is 2.25 bits per heavy atom. The maximum absolute atomic E-state index is 11.6. The van der Waals surface area contributed by atoms with Gasteiger partial charge in [0.25, 0.3) is 0 Å². The van der Waals surface area contributed by atoms with Crippen molar-refractivity contribution in [1.29, 1.82) is 0 Å². The molecule has 1 N–H and O–H groups in total. The van der Waals surface area contributed by atoms with Gasteiger partial charge in [-0.25, -0.2) is 4.79 Å². The Bertz CT molecular complexity index is 260. The van der Waals surface area contributed by atoms with E-state index in [1.165, 1.54) is 0 Å². The molecule has 0 aromatic rings. The molecule has 1 aliphatic rings. The van der Waals surface area contributed by atoms with Gasteiger partial charge in [-0.05, 0) is 52.4 Å². The van der Waals surface area contributed by atoms with E-state index in [4.69, 9.17) is 4.74 Å². The van der Waals surface area contributed by atoms with Gasteiger partial charge in [-0.15, -0.1) is 0 Å². The molecule has 0 heterocycles. The van der Waals surface area contributed by atoms with E-state index < -0.39 is 0 Å². The number of nitrogens with one attached hydrogen (secondary N) is 1. The van der Waals surface area contributed by atoms with E-state index >= 15 is 0 Å². The second kappa shape index (κ2) is 4.27. The van der Waals surface area contributed by atoms with E-state index in [1.807, 2.05) is 27.7 Å². The Kier molecular flexibility index (Phi) is 3.56. The fourth-order valence-electron chi connectivity index (χ4n) is 2.16. The van der Waals surface area contributed by atoms with Crippen molar-refractivity contribution >= 4 is 6.09 Å². The van der Waals surface area contributed by atoms with Crippen LogP contribution in [0, 0.1) is 11.8 Å². The number of carbonyl (C=O) groups is 1. The van der Waals surface area contributed by atoms with E-state index in [0.29, 0.717) is 11.8 Å². The lowest BCUT2D eigenvalue weighted by atomic mass is 9.67. The van der Waals surface area contributed by atoms with Crippen molar-refractivity contribution in [3.8, 4) is 0 Å².